The summed E-state index contributed by atoms with van der Waals surface area (Å²) in [5.41, 5.74) is 1.78. The van der Waals surface area contributed by atoms with Crippen LogP contribution in [0.4, 0.5) is 0 Å². The lowest BCUT2D eigenvalue weighted by Gasteiger charge is -2.15. The van der Waals surface area contributed by atoms with Gasteiger partial charge in [0.15, 0.2) is 0 Å². The van der Waals surface area contributed by atoms with Crippen LogP contribution in [0, 0.1) is 0 Å². The second-order valence-electron chi connectivity index (χ2n) is 5.04. The Morgan fingerprint density at radius 1 is 1.17 bits per heavy atom. The highest BCUT2D eigenvalue weighted by Crippen LogP contribution is 2.22. The molecule has 0 spiro atoms. The molecule has 0 atom stereocenters. The normalized spacial score (nSPS) is 10.8. The van der Waals surface area contributed by atoms with Crippen molar-refractivity contribution < 1.29 is 9.53 Å². The molecule has 3 nitrogen and oxygen atoms in total. The van der Waals surface area contributed by atoms with Gasteiger partial charge in [-0.3, -0.25) is 4.79 Å². The average Bonchev–Trinajstić information content (AvgIpc) is 2.54. The lowest BCUT2D eigenvalue weighted by atomic mass is 10.2. The molecule has 1 amide bonds. The maximum Gasteiger partial charge on any atom is 0.246 e. The van der Waals surface area contributed by atoms with Crippen molar-refractivity contribution in [1.82, 2.24) is 4.90 Å². The molecule has 2 aromatic carbocycles. The highest BCUT2D eigenvalue weighted by Gasteiger charge is 2.06. The second-order valence-corrected chi connectivity index (χ2v) is 5.89. The van der Waals surface area contributed by atoms with E-state index in [1.807, 2.05) is 24.3 Å². The number of nitrogens with zero attached hydrogens (tertiary/aromatic N) is 1. The van der Waals surface area contributed by atoms with Crippen molar-refractivity contribution in [1.29, 1.82) is 0 Å². The topological polar surface area (TPSA) is 29.5 Å². The number of ether oxygens (including phenoxy) is 1. The fraction of sp³-hybridized carbons (Fsp3) is 0.167. The molecule has 120 valence electrons. The fourth-order valence-electron chi connectivity index (χ4n) is 2.01. The summed E-state index contributed by atoms with van der Waals surface area (Å²) in [4.78, 5) is 13.8. The summed E-state index contributed by atoms with van der Waals surface area (Å²) >= 11 is 11.9. The molecule has 0 radical (unpaired) electrons. The summed E-state index contributed by atoms with van der Waals surface area (Å²) in [6.45, 7) is 0.515. The number of carbonyl (C=O) groups is 1. The molecule has 0 heterocycles. The zero-order chi connectivity index (χ0) is 16.8. The van der Waals surface area contributed by atoms with Crippen LogP contribution in [-0.2, 0) is 11.3 Å². The van der Waals surface area contributed by atoms with Crippen molar-refractivity contribution in [3.63, 3.8) is 0 Å². The molecule has 23 heavy (non-hydrogen) atoms. The lowest BCUT2D eigenvalue weighted by Crippen LogP contribution is -2.24. The van der Waals surface area contributed by atoms with Gasteiger partial charge in [0.1, 0.15) is 5.75 Å². The average molecular weight is 350 g/mol. The third-order valence-corrected chi connectivity index (χ3v) is 3.89. The SMILES string of the molecule is COc1ccc(CN(C)C(=O)/C=C/c2ccc(Cl)cc2Cl)cc1. The molecule has 0 bridgehead atoms. The van der Waals surface area contributed by atoms with Crippen molar-refractivity contribution >= 4 is 35.2 Å². The predicted molar refractivity (Wildman–Crippen MR) is 95.0 cm³/mol. The maximum atomic E-state index is 12.2. The molecule has 0 unspecified atom stereocenters. The van der Waals surface area contributed by atoms with Gasteiger partial charge >= 0.3 is 0 Å². The van der Waals surface area contributed by atoms with E-state index in [-0.39, 0.29) is 5.91 Å². The molecule has 2 rings (SSSR count). The number of methoxy groups -OCH3 is 1. The van der Waals surface area contributed by atoms with E-state index in [0.717, 1.165) is 16.9 Å². The highest BCUT2D eigenvalue weighted by atomic mass is 35.5. The Kier molecular flexibility index (Phi) is 6.08. The quantitative estimate of drug-likeness (QED) is 0.733. The number of rotatable bonds is 5. The van der Waals surface area contributed by atoms with E-state index in [9.17, 15) is 4.79 Å². The minimum atomic E-state index is -0.105. The third-order valence-electron chi connectivity index (χ3n) is 3.32. The van der Waals surface area contributed by atoms with E-state index in [1.54, 1.807) is 43.3 Å². The standard InChI is InChI=1S/C18H17Cl2NO2/c1-21(12-13-3-8-16(23-2)9-4-13)18(22)10-6-14-5-7-15(19)11-17(14)20/h3-11H,12H2,1-2H3/b10-6+. The van der Waals surface area contributed by atoms with Gasteiger partial charge in [0.05, 0.1) is 7.11 Å². The second kappa shape index (κ2) is 8.04. The molecule has 0 fully saturated rings. The first-order valence-corrected chi connectivity index (χ1v) is 7.76. The van der Waals surface area contributed by atoms with Crippen molar-refractivity contribution in [2.75, 3.05) is 14.2 Å². The van der Waals surface area contributed by atoms with Gasteiger partial charge in [-0.05, 0) is 41.5 Å². The zero-order valence-electron chi connectivity index (χ0n) is 12.9. The van der Waals surface area contributed by atoms with Gasteiger partial charge in [0.2, 0.25) is 5.91 Å². The fourth-order valence-corrected chi connectivity index (χ4v) is 2.48. The third kappa shape index (κ3) is 5.02. The van der Waals surface area contributed by atoms with Crippen LogP contribution in [0.1, 0.15) is 11.1 Å². The largest absolute Gasteiger partial charge is 0.497 e. The molecule has 0 N–H and O–H groups in total. The summed E-state index contributed by atoms with van der Waals surface area (Å²) in [7, 11) is 3.37. The smallest absolute Gasteiger partial charge is 0.246 e. The molecule has 2 aromatic rings. The Balaban J connectivity index is 1.99. The number of hydrogen-bond acceptors (Lipinski definition) is 2. The molecule has 0 aliphatic heterocycles. The van der Waals surface area contributed by atoms with Crippen LogP contribution in [0.3, 0.4) is 0 Å². The molecule has 0 aromatic heterocycles. The van der Waals surface area contributed by atoms with Crippen molar-refractivity contribution in [2.45, 2.75) is 6.54 Å². The molecule has 0 saturated heterocycles. The Labute approximate surface area is 146 Å². The van der Waals surface area contributed by atoms with Crippen LogP contribution >= 0.6 is 23.2 Å². The summed E-state index contributed by atoms with van der Waals surface area (Å²) < 4.78 is 5.12. The Morgan fingerprint density at radius 3 is 2.48 bits per heavy atom. The summed E-state index contributed by atoms with van der Waals surface area (Å²) in [5, 5.41) is 1.08. The monoisotopic (exact) mass is 349 g/mol. The summed E-state index contributed by atoms with van der Waals surface area (Å²) in [6.07, 6.45) is 3.18. The summed E-state index contributed by atoms with van der Waals surface area (Å²) in [5.74, 6) is 0.687. The van der Waals surface area contributed by atoms with E-state index in [1.165, 1.54) is 6.08 Å². The zero-order valence-corrected chi connectivity index (χ0v) is 14.4. The first-order chi connectivity index (χ1) is 11.0. The molecule has 0 aliphatic rings. The molecule has 5 heteroatoms. The number of benzene rings is 2. The number of halogens is 2. The first-order valence-electron chi connectivity index (χ1n) is 7.01. The van der Waals surface area contributed by atoms with Gasteiger partial charge in [-0.15, -0.1) is 0 Å². The summed E-state index contributed by atoms with van der Waals surface area (Å²) in [6, 6.07) is 12.8. The minimum absolute atomic E-state index is 0.105. The van der Waals surface area contributed by atoms with Gasteiger partial charge < -0.3 is 9.64 Å². The molecular formula is C18H17Cl2NO2. The maximum absolute atomic E-state index is 12.2. The van der Waals surface area contributed by atoms with Gasteiger partial charge in [-0.25, -0.2) is 0 Å². The van der Waals surface area contributed by atoms with E-state index in [2.05, 4.69) is 0 Å². The van der Waals surface area contributed by atoms with Crippen LogP contribution in [0.25, 0.3) is 6.08 Å². The van der Waals surface area contributed by atoms with Crippen LogP contribution in [0.2, 0.25) is 10.0 Å². The van der Waals surface area contributed by atoms with Crippen molar-refractivity contribution in [3.8, 4) is 5.75 Å². The van der Waals surface area contributed by atoms with E-state index in [4.69, 9.17) is 27.9 Å². The van der Waals surface area contributed by atoms with Crippen molar-refractivity contribution in [2.24, 2.45) is 0 Å². The first kappa shape index (κ1) is 17.4. The molecular weight excluding hydrogens is 333 g/mol. The van der Waals surface area contributed by atoms with Gasteiger partial charge in [-0.2, -0.15) is 0 Å². The predicted octanol–water partition coefficient (Wildman–Crippen LogP) is 4.67. The lowest BCUT2D eigenvalue weighted by molar-refractivity contribution is -0.125. The van der Waals surface area contributed by atoms with E-state index >= 15 is 0 Å². The minimum Gasteiger partial charge on any atom is -0.497 e. The van der Waals surface area contributed by atoms with Crippen LogP contribution in [-0.4, -0.2) is 25.0 Å². The number of amides is 1. The Hall–Kier alpha value is -1.97. The molecule has 0 saturated carbocycles. The van der Waals surface area contributed by atoms with E-state index < -0.39 is 0 Å². The van der Waals surface area contributed by atoms with Gasteiger partial charge in [0, 0.05) is 29.7 Å². The Morgan fingerprint density at radius 2 is 1.87 bits per heavy atom. The van der Waals surface area contributed by atoms with Crippen molar-refractivity contribution in [3.05, 3.63) is 69.7 Å². The van der Waals surface area contributed by atoms with Crippen LogP contribution in [0.15, 0.2) is 48.5 Å². The highest BCUT2D eigenvalue weighted by molar-refractivity contribution is 6.35. The van der Waals surface area contributed by atoms with E-state index in [0.29, 0.717) is 16.6 Å². The number of hydrogen-bond donors (Lipinski definition) is 0. The van der Waals surface area contributed by atoms with Crippen LogP contribution < -0.4 is 4.74 Å². The number of likely N-dealkylation sites (N-methyl/N-ethyl adjacent to an activating group) is 1. The van der Waals surface area contributed by atoms with Crippen LogP contribution in [0.5, 0.6) is 5.75 Å². The van der Waals surface area contributed by atoms with Gasteiger partial charge in [-0.1, -0.05) is 41.4 Å². The molecule has 0 aliphatic carbocycles. The number of carbonyl (C=O) groups excluding carboxylic acids is 1. The Bertz CT molecular complexity index is 711. The van der Waals surface area contributed by atoms with Gasteiger partial charge in [0.25, 0.3) is 0 Å².